The summed E-state index contributed by atoms with van der Waals surface area (Å²) in [6.45, 7) is -0.280. The van der Waals surface area contributed by atoms with Gasteiger partial charge in [-0.25, -0.2) is 4.79 Å². The first-order valence-corrected chi connectivity index (χ1v) is 8.38. The van der Waals surface area contributed by atoms with Crippen LogP contribution < -0.4 is 10.1 Å². The van der Waals surface area contributed by atoms with Gasteiger partial charge >= 0.3 is 5.97 Å². The number of aryl methyl sites for hydroxylation is 1. The van der Waals surface area contributed by atoms with Crippen molar-refractivity contribution in [3.63, 3.8) is 0 Å². The molecule has 1 amide bonds. The lowest BCUT2D eigenvalue weighted by atomic mass is 10.1. The fourth-order valence-electron chi connectivity index (χ4n) is 2.21. The number of amides is 1. The van der Waals surface area contributed by atoms with Crippen molar-refractivity contribution in [2.24, 2.45) is 0 Å². The van der Waals surface area contributed by atoms with E-state index in [1.165, 1.54) is 29.8 Å². The van der Waals surface area contributed by atoms with Crippen molar-refractivity contribution in [3.05, 3.63) is 70.3 Å². The monoisotopic (exact) mass is 372 g/mol. The molecular weight excluding hydrogens is 352 g/mol. The van der Waals surface area contributed by atoms with Crippen LogP contribution in [0.4, 0.5) is 5.69 Å². The van der Waals surface area contributed by atoms with Gasteiger partial charge < -0.3 is 14.8 Å². The van der Waals surface area contributed by atoms with Crippen LogP contribution >= 0.6 is 0 Å². The predicted molar refractivity (Wildman–Crippen MR) is 97.3 cm³/mol. The third kappa shape index (κ3) is 7.55. The highest BCUT2D eigenvalue weighted by Gasteiger charge is 2.09. The molecule has 0 saturated carbocycles. The standard InChI is InChI=1S/C19H20N2O6/c22-18(20-12-4-7-15-5-2-1-3-6-15)13-27-19(23)14-26-17-10-8-16(9-11-17)21(24)25/h1-3,5-6,8-11H,4,7,12-14H2,(H,20,22). The molecule has 2 aromatic carbocycles. The fourth-order valence-corrected chi connectivity index (χ4v) is 2.21. The molecule has 0 radical (unpaired) electrons. The summed E-state index contributed by atoms with van der Waals surface area (Å²) in [5.41, 5.74) is 1.12. The van der Waals surface area contributed by atoms with E-state index in [4.69, 9.17) is 9.47 Å². The minimum absolute atomic E-state index is 0.0751. The zero-order valence-corrected chi connectivity index (χ0v) is 14.6. The van der Waals surface area contributed by atoms with Crippen molar-refractivity contribution in [2.45, 2.75) is 12.8 Å². The first-order valence-electron chi connectivity index (χ1n) is 8.38. The van der Waals surface area contributed by atoms with Gasteiger partial charge in [0.05, 0.1) is 4.92 Å². The smallest absolute Gasteiger partial charge is 0.344 e. The van der Waals surface area contributed by atoms with Crippen molar-refractivity contribution in [3.8, 4) is 5.75 Å². The van der Waals surface area contributed by atoms with Crippen molar-refractivity contribution in [1.29, 1.82) is 0 Å². The molecule has 1 N–H and O–H groups in total. The van der Waals surface area contributed by atoms with Crippen LogP contribution in [-0.4, -0.2) is 36.6 Å². The van der Waals surface area contributed by atoms with Crippen LogP contribution in [0.3, 0.4) is 0 Å². The average molecular weight is 372 g/mol. The Bertz CT molecular complexity index is 762. The van der Waals surface area contributed by atoms with Gasteiger partial charge in [0.25, 0.3) is 11.6 Å². The number of benzene rings is 2. The van der Waals surface area contributed by atoms with E-state index < -0.39 is 10.9 Å². The van der Waals surface area contributed by atoms with Crippen LogP contribution in [0.1, 0.15) is 12.0 Å². The molecule has 0 aliphatic carbocycles. The number of hydrogen-bond donors (Lipinski definition) is 1. The molecule has 0 unspecified atom stereocenters. The van der Waals surface area contributed by atoms with Crippen molar-refractivity contribution in [2.75, 3.05) is 19.8 Å². The summed E-state index contributed by atoms with van der Waals surface area (Å²) in [7, 11) is 0. The highest BCUT2D eigenvalue weighted by molar-refractivity contribution is 5.80. The van der Waals surface area contributed by atoms with Crippen LogP contribution in [-0.2, 0) is 20.7 Å². The quantitative estimate of drug-likeness (QED) is 0.297. The number of nitrogens with one attached hydrogen (secondary N) is 1. The zero-order valence-electron chi connectivity index (χ0n) is 14.6. The topological polar surface area (TPSA) is 108 Å². The molecule has 0 aromatic heterocycles. The second-order valence-electron chi connectivity index (χ2n) is 5.64. The summed E-state index contributed by atoms with van der Waals surface area (Å²) in [5.74, 6) is -0.789. The molecule has 0 fully saturated rings. The number of ether oxygens (including phenoxy) is 2. The molecule has 0 spiro atoms. The van der Waals surface area contributed by atoms with Gasteiger partial charge in [-0.2, -0.15) is 0 Å². The number of hydrogen-bond acceptors (Lipinski definition) is 6. The van der Waals surface area contributed by atoms with Gasteiger partial charge in [0.1, 0.15) is 5.75 Å². The molecule has 27 heavy (non-hydrogen) atoms. The summed E-state index contributed by atoms with van der Waals surface area (Å²) >= 11 is 0. The Balaban J connectivity index is 1.57. The molecule has 8 nitrogen and oxygen atoms in total. The number of non-ortho nitro benzene ring substituents is 1. The molecule has 0 saturated heterocycles. The Labute approximate surface area is 156 Å². The third-order valence-corrected chi connectivity index (χ3v) is 3.58. The summed E-state index contributed by atoms with van der Waals surface area (Å²) in [5, 5.41) is 13.2. The minimum atomic E-state index is -0.701. The van der Waals surface area contributed by atoms with Gasteiger partial charge in [0.15, 0.2) is 13.2 Å². The normalized spacial score (nSPS) is 10.1. The molecule has 0 aliphatic heterocycles. The maximum absolute atomic E-state index is 11.6. The molecule has 0 aliphatic rings. The van der Waals surface area contributed by atoms with Crippen LogP contribution in [0.5, 0.6) is 5.75 Å². The number of carbonyl (C=O) groups is 2. The molecule has 0 atom stereocenters. The first-order chi connectivity index (χ1) is 13.0. The molecule has 8 heteroatoms. The van der Waals surface area contributed by atoms with Crippen LogP contribution in [0.2, 0.25) is 0 Å². The highest BCUT2D eigenvalue weighted by Crippen LogP contribution is 2.17. The number of rotatable bonds is 10. The summed E-state index contributed by atoms with van der Waals surface area (Å²) in [4.78, 5) is 33.2. The maximum atomic E-state index is 11.6. The fraction of sp³-hybridized carbons (Fsp3) is 0.263. The van der Waals surface area contributed by atoms with E-state index in [1.54, 1.807) is 0 Å². The second-order valence-corrected chi connectivity index (χ2v) is 5.64. The Morgan fingerprint density at radius 1 is 1.00 bits per heavy atom. The second kappa shape index (κ2) is 10.5. The van der Waals surface area contributed by atoms with E-state index in [-0.39, 0.29) is 24.8 Å². The van der Waals surface area contributed by atoms with E-state index in [1.807, 2.05) is 30.3 Å². The number of nitro groups is 1. The van der Waals surface area contributed by atoms with Crippen molar-refractivity contribution < 1.29 is 24.0 Å². The lowest BCUT2D eigenvalue weighted by molar-refractivity contribution is -0.384. The van der Waals surface area contributed by atoms with Crippen LogP contribution in [0.15, 0.2) is 54.6 Å². The Hall–Kier alpha value is -3.42. The summed E-state index contributed by atoms with van der Waals surface area (Å²) in [6.07, 6.45) is 1.64. The van der Waals surface area contributed by atoms with E-state index in [2.05, 4.69) is 5.32 Å². The predicted octanol–water partition coefficient (Wildman–Crippen LogP) is 2.27. The van der Waals surface area contributed by atoms with Gasteiger partial charge in [0.2, 0.25) is 0 Å². The Morgan fingerprint density at radius 3 is 2.37 bits per heavy atom. The SMILES string of the molecule is O=C(COC(=O)COc1ccc([N+](=O)[O-])cc1)NCCCc1ccccc1. The number of esters is 1. The van der Waals surface area contributed by atoms with E-state index in [9.17, 15) is 19.7 Å². The molecule has 142 valence electrons. The summed E-state index contributed by atoms with van der Waals surface area (Å²) < 4.78 is 9.97. The van der Waals surface area contributed by atoms with Gasteiger partial charge in [-0.1, -0.05) is 30.3 Å². The van der Waals surface area contributed by atoms with E-state index >= 15 is 0 Å². The number of nitro benzene ring substituents is 1. The molecule has 0 heterocycles. The van der Waals surface area contributed by atoms with Crippen LogP contribution in [0, 0.1) is 10.1 Å². The van der Waals surface area contributed by atoms with E-state index in [0.717, 1.165) is 12.8 Å². The average Bonchev–Trinajstić information content (AvgIpc) is 2.69. The highest BCUT2D eigenvalue weighted by atomic mass is 16.6. The Morgan fingerprint density at radius 2 is 1.70 bits per heavy atom. The third-order valence-electron chi connectivity index (χ3n) is 3.58. The molecule has 2 aromatic rings. The van der Waals surface area contributed by atoms with Crippen molar-refractivity contribution >= 4 is 17.6 Å². The Kier molecular flexibility index (Phi) is 7.77. The van der Waals surface area contributed by atoms with Gasteiger partial charge in [0, 0.05) is 18.7 Å². The lowest BCUT2D eigenvalue weighted by Crippen LogP contribution is -2.30. The minimum Gasteiger partial charge on any atom is -0.482 e. The molecule has 0 bridgehead atoms. The maximum Gasteiger partial charge on any atom is 0.344 e. The van der Waals surface area contributed by atoms with Gasteiger partial charge in [-0.3, -0.25) is 14.9 Å². The zero-order chi connectivity index (χ0) is 19.5. The lowest BCUT2D eigenvalue weighted by Gasteiger charge is -2.08. The largest absolute Gasteiger partial charge is 0.482 e. The summed E-state index contributed by atoms with van der Waals surface area (Å²) in [6, 6.07) is 15.2. The van der Waals surface area contributed by atoms with Gasteiger partial charge in [-0.05, 0) is 30.5 Å². The van der Waals surface area contributed by atoms with E-state index in [0.29, 0.717) is 12.3 Å². The van der Waals surface area contributed by atoms with Crippen LogP contribution in [0.25, 0.3) is 0 Å². The van der Waals surface area contributed by atoms with Gasteiger partial charge in [-0.15, -0.1) is 0 Å². The number of nitrogens with zero attached hydrogens (tertiary/aromatic N) is 1. The number of carbonyl (C=O) groups excluding carboxylic acids is 2. The first kappa shape index (κ1) is 19.9. The molecular formula is C19H20N2O6. The van der Waals surface area contributed by atoms with Crippen molar-refractivity contribution in [1.82, 2.24) is 5.32 Å². The molecule has 2 rings (SSSR count).